The van der Waals surface area contributed by atoms with Crippen LogP contribution < -0.4 is 10.1 Å². The van der Waals surface area contributed by atoms with E-state index in [2.05, 4.69) is 5.32 Å². The van der Waals surface area contributed by atoms with E-state index in [1.807, 2.05) is 61.5 Å². The van der Waals surface area contributed by atoms with Gasteiger partial charge in [0.15, 0.2) is 6.61 Å². The van der Waals surface area contributed by atoms with E-state index in [1.54, 1.807) is 4.90 Å². The quantitative estimate of drug-likeness (QED) is 0.443. The molecule has 7 heteroatoms. The molecule has 2 aromatic carbocycles. The van der Waals surface area contributed by atoms with E-state index in [9.17, 15) is 14.4 Å². The highest BCUT2D eigenvalue weighted by Crippen LogP contribution is 2.19. The van der Waals surface area contributed by atoms with Crippen LogP contribution in [0, 0.1) is 12.8 Å². The van der Waals surface area contributed by atoms with Gasteiger partial charge in [0.2, 0.25) is 5.91 Å². The summed E-state index contributed by atoms with van der Waals surface area (Å²) in [5, 5.41) is 2.79. The summed E-state index contributed by atoms with van der Waals surface area (Å²) in [4.78, 5) is 38.3. The minimum absolute atomic E-state index is 0.0112. The molecule has 1 fully saturated rings. The third-order valence-electron chi connectivity index (χ3n) is 5.72. The van der Waals surface area contributed by atoms with Crippen LogP contribution in [-0.2, 0) is 25.5 Å². The lowest BCUT2D eigenvalue weighted by Gasteiger charge is -2.30. The number of nitrogens with zero attached hydrogens (tertiary/aromatic N) is 1. The number of amides is 2. The zero-order valence-corrected chi connectivity index (χ0v) is 19.1. The number of piperidine rings is 1. The Kier molecular flexibility index (Phi) is 9.30. The molecule has 7 nitrogen and oxygen atoms in total. The molecule has 2 aromatic rings. The number of likely N-dealkylation sites (tertiary alicyclic amines) is 1. The van der Waals surface area contributed by atoms with Crippen molar-refractivity contribution in [1.29, 1.82) is 0 Å². The molecule has 0 bridgehead atoms. The SMILES string of the molecule is Cc1ccc(CCC(=O)NCCOC(=O)C2CCN(C(=O)COc3ccccc3)CC2)cc1. The molecule has 0 saturated carbocycles. The third-order valence-corrected chi connectivity index (χ3v) is 5.72. The van der Waals surface area contributed by atoms with E-state index in [1.165, 1.54) is 5.56 Å². The van der Waals surface area contributed by atoms with Gasteiger partial charge >= 0.3 is 5.97 Å². The normalized spacial score (nSPS) is 13.9. The highest BCUT2D eigenvalue weighted by Gasteiger charge is 2.28. The molecule has 1 aliphatic heterocycles. The summed E-state index contributed by atoms with van der Waals surface area (Å²) < 4.78 is 10.8. The van der Waals surface area contributed by atoms with Gasteiger partial charge < -0.3 is 19.7 Å². The molecule has 0 aliphatic carbocycles. The summed E-state index contributed by atoms with van der Waals surface area (Å²) in [6.45, 7) is 3.48. The highest BCUT2D eigenvalue weighted by atomic mass is 16.5. The van der Waals surface area contributed by atoms with Gasteiger partial charge in [0.1, 0.15) is 12.4 Å². The second-order valence-corrected chi connectivity index (χ2v) is 8.26. The van der Waals surface area contributed by atoms with Gasteiger partial charge in [0.05, 0.1) is 12.5 Å². The number of aryl methyl sites for hydroxylation is 2. The summed E-state index contributed by atoms with van der Waals surface area (Å²) in [6.07, 6.45) is 2.22. The number of rotatable bonds is 10. The maximum Gasteiger partial charge on any atom is 0.309 e. The summed E-state index contributed by atoms with van der Waals surface area (Å²) in [5.74, 6) is 0.0274. The second kappa shape index (κ2) is 12.6. The zero-order chi connectivity index (χ0) is 23.5. The molecule has 33 heavy (non-hydrogen) atoms. The van der Waals surface area contributed by atoms with Crippen molar-refractivity contribution in [2.75, 3.05) is 32.8 Å². The fourth-order valence-corrected chi connectivity index (χ4v) is 3.68. The van der Waals surface area contributed by atoms with E-state index in [4.69, 9.17) is 9.47 Å². The van der Waals surface area contributed by atoms with Crippen LogP contribution in [0.25, 0.3) is 0 Å². The molecule has 1 N–H and O–H groups in total. The van der Waals surface area contributed by atoms with Crippen LogP contribution in [0.15, 0.2) is 54.6 Å². The third kappa shape index (κ3) is 8.25. The van der Waals surface area contributed by atoms with Crippen LogP contribution >= 0.6 is 0 Å². The molecule has 0 spiro atoms. The van der Waals surface area contributed by atoms with Gasteiger partial charge in [-0.1, -0.05) is 48.0 Å². The Bertz CT molecular complexity index is 906. The minimum Gasteiger partial charge on any atom is -0.484 e. The molecule has 0 atom stereocenters. The van der Waals surface area contributed by atoms with Crippen LogP contribution in [0.2, 0.25) is 0 Å². The van der Waals surface area contributed by atoms with Crippen molar-refractivity contribution < 1.29 is 23.9 Å². The Balaban J connectivity index is 1.25. The first-order valence-corrected chi connectivity index (χ1v) is 11.5. The van der Waals surface area contributed by atoms with E-state index in [-0.39, 0.29) is 36.9 Å². The molecule has 1 saturated heterocycles. The van der Waals surface area contributed by atoms with Crippen molar-refractivity contribution >= 4 is 17.8 Å². The van der Waals surface area contributed by atoms with Crippen LogP contribution in [0.3, 0.4) is 0 Å². The molecular weight excluding hydrogens is 420 g/mol. The lowest BCUT2D eigenvalue weighted by Crippen LogP contribution is -2.42. The summed E-state index contributed by atoms with van der Waals surface area (Å²) in [5.41, 5.74) is 2.32. The molecular formula is C26H32N2O5. The van der Waals surface area contributed by atoms with Gasteiger partial charge in [-0.3, -0.25) is 14.4 Å². The average molecular weight is 453 g/mol. The zero-order valence-electron chi connectivity index (χ0n) is 19.1. The molecule has 0 unspecified atom stereocenters. The number of hydrogen-bond donors (Lipinski definition) is 1. The Morgan fingerprint density at radius 1 is 1.00 bits per heavy atom. The van der Waals surface area contributed by atoms with Crippen LogP contribution in [-0.4, -0.2) is 55.5 Å². The van der Waals surface area contributed by atoms with E-state index in [0.717, 1.165) is 5.56 Å². The molecule has 2 amide bonds. The Morgan fingerprint density at radius 2 is 1.70 bits per heavy atom. The Hall–Kier alpha value is -3.35. The topological polar surface area (TPSA) is 84.9 Å². The van der Waals surface area contributed by atoms with Crippen LogP contribution in [0.4, 0.5) is 0 Å². The first-order valence-electron chi connectivity index (χ1n) is 11.5. The summed E-state index contributed by atoms with van der Waals surface area (Å²) in [7, 11) is 0. The first-order chi connectivity index (χ1) is 16.0. The number of esters is 1. The average Bonchev–Trinajstić information content (AvgIpc) is 2.85. The van der Waals surface area contributed by atoms with Crippen LogP contribution in [0.1, 0.15) is 30.4 Å². The lowest BCUT2D eigenvalue weighted by molar-refractivity contribution is -0.152. The standard InChI is InChI=1S/C26H32N2O5/c1-20-7-9-21(10-8-20)11-12-24(29)27-15-18-32-26(31)22-13-16-28(17-14-22)25(30)19-33-23-5-3-2-4-6-23/h2-10,22H,11-19H2,1H3,(H,27,29). The molecule has 1 aliphatic rings. The smallest absolute Gasteiger partial charge is 0.309 e. The van der Waals surface area contributed by atoms with Gasteiger partial charge in [-0.15, -0.1) is 0 Å². The van der Waals surface area contributed by atoms with E-state index >= 15 is 0 Å². The lowest BCUT2D eigenvalue weighted by atomic mass is 9.97. The van der Waals surface area contributed by atoms with E-state index in [0.29, 0.717) is 51.1 Å². The van der Waals surface area contributed by atoms with Gasteiger partial charge in [-0.25, -0.2) is 0 Å². The molecule has 0 aromatic heterocycles. The van der Waals surface area contributed by atoms with Crippen molar-refractivity contribution in [2.45, 2.75) is 32.6 Å². The minimum atomic E-state index is -0.267. The number of ether oxygens (including phenoxy) is 2. The maximum atomic E-state index is 12.3. The number of carbonyl (C=O) groups excluding carboxylic acids is 3. The van der Waals surface area contributed by atoms with Crippen molar-refractivity contribution in [3.8, 4) is 5.75 Å². The predicted molar refractivity (Wildman–Crippen MR) is 125 cm³/mol. The predicted octanol–water partition coefficient (Wildman–Crippen LogP) is 2.90. The molecule has 3 rings (SSSR count). The molecule has 176 valence electrons. The van der Waals surface area contributed by atoms with Gasteiger partial charge in [0.25, 0.3) is 5.91 Å². The Morgan fingerprint density at radius 3 is 2.39 bits per heavy atom. The molecule has 0 radical (unpaired) electrons. The number of carbonyl (C=O) groups is 3. The monoisotopic (exact) mass is 452 g/mol. The Labute approximate surface area is 195 Å². The number of hydrogen-bond acceptors (Lipinski definition) is 5. The second-order valence-electron chi connectivity index (χ2n) is 8.26. The number of benzene rings is 2. The van der Waals surface area contributed by atoms with Crippen molar-refractivity contribution in [3.05, 3.63) is 65.7 Å². The van der Waals surface area contributed by atoms with Crippen LogP contribution in [0.5, 0.6) is 5.75 Å². The van der Waals surface area contributed by atoms with Gasteiger partial charge in [-0.05, 0) is 43.9 Å². The number of nitrogens with one attached hydrogen (secondary N) is 1. The van der Waals surface area contributed by atoms with Gasteiger partial charge in [-0.2, -0.15) is 0 Å². The van der Waals surface area contributed by atoms with Crippen molar-refractivity contribution in [1.82, 2.24) is 10.2 Å². The fourth-order valence-electron chi connectivity index (χ4n) is 3.68. The van der Waals surface area contributed by atoms with Crippen molar-refractivity contribution in [2.24, 2.45) is 5.92 Å². The van der Waals surface area contributed by atoms with Gasteiger partial charge in [0, 0.05) is 19.5 Å². The highest BCUT2D eigenvalue weighted by molar-refractivity contribution is 5.79. The van der Waals surface area contributed by atoms with Crippen molar-refractivity contribution in [3.63, 3.8) is 0 Å². The fraction of sp³-hybridized carbons (Fsp3) is 0.423. The number of para-hydroxylation sites is 1. The molecule has 1 heterocycles. The largest absolute Gasteiger partial charge is 0.484 e. The van der Waals surface area contributed by atoms with E-state index < -0.39 is 0 Å². The summed E-state index contributed by atoms with van der Waals surface area (Å²) in [6, 6.07) is 17.3. The first kappa shape index (κ1) is 24.3. The summed E-state index contributed by atoms with van der Waals surface area (Å²) >= 11 is 0. The maximum absolute atomic E-state index is 12.3.